The molecule has 0 aliphatic carbocycles. The molecule has 2 heterocycles. The van der Waals surface area contributed by atoms with Gasteiger partial charge in [-0.15, -0.1) is 0 Å². The third kappa shape index (κ3) is 3.54. The Hall–Kier alpha value is -1.03. The van der Waals surface area contributed by atoms with Gasteiger partial charge in [-0.2, -0.15) is 0 Å². The lowest BCUT2D eigenvalue weighted by molar-refractivity contribution is 0.318. The first-order valence-electron chi connectivity index (χ1n) is 7.57. The van der Waals surface area contributed by atoms with Gasteiger partial charge in [0.05, 0.1) is 12.2 Å². The number of aromatic nitrogens is 1. The van der Waals surface area contributed by atoms with Gasteiger partial charge >= 0.3 is 0 Å². The minimum Gasteiger partial charge on any atom is -0.359 e. The number of hydrogen-bond donors (Lipinski definition) is 1. The number of nitrogens with one attached hydrogen (secondary N) is 1. The van der Waals surface area contributed by atoms with Crippen LogP contribution in [0.2, 0.25) is 0 Å². The Morgan fingerprint density at radius 3 is 2.70 bits per heavy atom. The molecule has 0 aromatic carbocycles. The Labute approximate surface area is 126 Å². The molecule has 0 radical (unpaired) electrons. The minimum absolute atomic E-state index is 0.412. The maximum atomic E-state index is 4.74. The first kappa shape index (κ1) is 15.4. The van der Waals surface area contributed by atoms with E-state index in [9.17, 15) is 0 Å². The molecular weight excluding hydrogens is 266 g/mol. The zero-order chi connectivity index (χ0) is 14.4. The smallest absolute Gasteiger partial charge is 0.156 e. The molecule has 1 aliphatic rings. The molecule has 20 heavy (non-hydrogen) atoms. The second-order valence-corrected chi connectivity index (χ2v) is 6.40. The molecule has 0 saturated carbocycles. The molecular formula is C16H25N3S. The van der Waals surface area contributed by atoms with Gasteiger partial charge in [0, 0.05) is 18.5 Å². The summed E-state index contributed by atoms with van der Waals surface area (Å²) in [5.74, 6) is 1.18. The van der Waals surface area contributed by atoms with Crippen LogP contribution in [-0.4, -0.2) is 22.4 Å². The standard InChI is InChI=1S/C16H25N3S/c1-4-13-8-7-9-17-14(13)10-18-15-19-11-16(5-2,6-3)12-20-15/h7-9H,4-6,10-12H2,1-3H3,(H,18,19). The first-order chi connectivity index (χ1) is 9.73. The van der Waals surface area contributed by atoms with Gasteiger partial charge in [-0.1, -0.05) is 38.6 Å². The van der Waals surface area contributed by atoms with Crippen molar-refractivity contribution in [1.29, 1.82) is 0 Å². The Morgan fingerprint density at radius 1 is 1.30 bits per heavy atom. The lowest BCUT2D eigenvalue weighted by Crippen LogP contribution is -2.34. The highest BCUT2D eigenvalue weighted by Gasteiger charge is 2.29. The summed E-state index contributed by atoms with van der Waals surface area (Å²) in [6.45, 7) is 8.46. The first-order valence-corrected chi connectivity index (χ1v) is 8.55. The molecule has 0 bridgehead atoms. The molecule has 1 aromatic rings. The van der Waals surface area contributed by atoms with Crippen LogP contribution in [0.1, 0.15) is 44.9 Å². The van der Waals surface area contributed by atoms with E-state index in [0.29, 0.717) is 5.41 Å². The molecule has 4 heteroatoms. The van der Waals surface area contributed by atoms with Crippen LogP contribution in [-0.2, 0) is 13.0 Å². The van der Waals surface area contributed by atoms with Crippen LogP contribution in [0, 0.1) is 5.41 Å². The predicted octanol–water partition coefficient (Wildman–Crippen LogP) is 3.64. The summed E-state index contributed by atoms with van der Waals surface area (Å²) < 4.78 is 0. The van der Waals surface area contributed by atoms with E-state index < -0.39 is 0 Å². The molecule has 3 nitrogen and oxygen atoms in total. The third-order valence-electron chi connectivity index (χ3n) is 4.35. The third-order valence-corrected chi connectivity index (χ3v) is 5.65. The molecule has 0 spiro atoms. The molecule has 0 saturated heterocycles. The van der Waals surface area contributed by atoms with Gasteiger partial charge in [0.1, 0.15) is 0 Å². The van der Waals surface area contributed by atoms with Gasteiger partial charge in [0.2, 0.25) is 0 Å². The lowest BCUT2D eigenvalue weighted by Gasteiger charge is -2.33. The molecule has 1 aromatic heterocycles. The van der Waals surface area contributed by atoms with Crippen LogP contribution < -0.4 is 5.32 Å². The summed E-state index contributed by atoms with van der Waals surface area (Å²) in [4.78, 5) is 9.20. The van der Waals surface area contributed by atoms with E-state index >= 15 is 0 Å². The summed E-state index contributed by atoms with van der Waals surface area (Å²) in [5, 5.41) is 4.53. The van der Waals surface area contributed by atoms with E-state index in [4.69, 9.17) is 4.99 Å². The summed E-state index contributed by atoms with van der Waals surface area (Å²) in [6.07, 6.45) is 5.32. The lowest BCUT2D eigenvalue weighted by atomic mass is 9.84. The molecule has 0 amide bonds. The number of nitrogens with zero attached hydrogens (tertiary/aromatic N) is 2. The van der Waals surface area contributed by atoms with Crippen molar-refractivity contribution in [2.24, 2.45) is 10.4 Å². The van der Waals surface area contributed by atoms with E-state index in [-0.39, 0.29) is 0 Å². The zero-order valence-corrected chi connectivity index (χ0v) is 13.6. The van der Waals surface area contributed by atoms with Gasteiger partial charge in [0.15, 0.2) is 5.17 Å². The van der Waals surface area contributed by atoms with Crippen molar-refractivity contribution in [2.75, 3.05) is 12.3 Å². The molecule has 1 N–H and O–H groups in total. The highest BCUT2D eigenvalue weighted by Crippen LogP contribution is 2.34. The van der Waals surface area contributed by atoms with E-state index in [1.54, 1.807) is 0 Å². The Balaban J connectivity index is 1.94. The molecule has 1 aliphatic heterocycles. The largest absolute Gasteiger partial charge is 0.359 e. The highest BCUT2D eigenvalue weighted by atomic mass is 32.2. The topological polar surface area (TPSA) is 37.3 Å². The number of thioether (sulfide) groups is 1. The number of hydrogen-bond acceptors (Lipinski definition) is 4. The fraction of sp³-hybridized carbons (Fsp3) is 0.625. The summed E-state index contributed by atoms with van der Waals surface area (Å²) >= 11 is 1.86. The number of amidine groups is 1. The maximum Gasteiger partial charge on any atom is 0.156 e. The number of aryl methyl sites for hydroxylation is 1. The monoisotopic (exact) mass is 291 g/mol. The van der Waals surface area contributed by atoms with Gasteiger partial charge in [-0.3, -0.25) is 9.98 Å². The van der Waals surface area contributed by atoms with Gasteiger partial charge in [-0.25, -0.2) is 0 Å². The second-order valence-electron chi connectivity index (χ2n) is 5.43. The average molecular weight is 291 g/mol. The number of aliphatic imine (C=N–C) groups is 1. The van der Waals surface area contributed by atoms with Crippen molar-refractivity contribution in [3.05, 3.63) is 29.6 Å². The summed E-state index contributed by atoms with van der Waals surface area (Å²) in [6, 6.07) is 4.16. The fourth-order valence-electron chi connectivity index (χ4n) is 2.45. The Morgan fingerprint density at radius 2 is 2.10 bits per heavy atom. The fourth-order valence-corrected chi connectivity index (χ4v) is 3.72. The predicted molar refractivity (Wildman–Crippen MR) is 88.2 cm³/mol. The average Bonchev–Trinajstić information content (AvgIpc) is 2.53. The highest BCUT2D eigenvalue weighted by molar-refractivity contribution is 8.13. The van der Waals surface area contributed by atoms with Crippen LogP contribution in [0.3, 0.4) is 0 Å². The van der Waals surface area contributed by atoms with Crippen molar-refractivity contribution < 1.29 is 0 Å². The van der Waals surface area contributed by atoms with E-state index in [1.807, 2.05) is 24.0 Å². The van der Waals surface area contributed by atoms with Crippen molar-refractivity contribution in [1.82, 2.24) is 10.3 Å². The molecule has 2 rings (SSSR count). The van der Waals surface area contributed by atoms with E-state index in [1.165, 1.54) is 24.2 Å². The van der Waals surface area contributed by atoms with Crippen molar-refractivity contribution >= 4 is 16.9 Å². The Kier molecular flexibility index (Phi) is 5.46. The van der Waals surface area contributed by atoms with Crippen LogP contribution in [0.4, 0.5) is 0 Å². The van der Waals surface area contributed by atoms with Gasteiger partial charge in [-0.05, 0) is 36.3 Å². The van der Waals surface area contributed by atoms with E-state index in [2.05, 4.69) is 37.1 Å². The van der Waals surface area contributed by atoms with Gasteiger partial charge < -0.3 is 5.32 Å². The van der Waals surface area contributed by atoms with Gasteiger partial charge in [0.25, 0.3) is 0 Å². The normalized spacial score (nSPS) is 17.6. The van der Waals surface area contributed by atoms with Crippen LogP contribution in [0.5, 0.6) is 0 Å². The van der Waals surface area contributed by atoms with Crippen molar-refractivity contribution in [3.63, 3.8) is 0 Å². The maximum absolute atomic E-state index is 4.74. The van der Waals surface area contributed by atoms with Crippen LogP contribution in [0.15, 0.2) is 23.3 Å². The number of rotatable bonds is 5. The Bertz CT molecular complexity index is 467. The summed E-state index contributed by atoms with van der Waals surface area (Å²) in [5.41, 5.74) is 2.87. The number of pyridine rings is 1. The quantitative estimate of drug-likeness (QED) is 0.900. The van der Waals surface area contributed by atoms with Crippen molar-refractivity contribution in [2.45, 2.75) is 46.6 Å². The van der Waals surface area contributed by atoms with E-state index in [0.717, 1.165) is 30.4 Å². The SMILES string of the molecule is CCc1cccnc1CNC1=NCC(CC)(CC)CS1. The summed E-state index contributed by atoms with van der Waals surface area (Å²) in [7, 11) is 0. The molecule has 0 fully saturated rings. The second kappa shape index (κ2) is 7.11. The molecule has 0 unspecified atom stereocenters. The zero-order valence-electron chi connectivity index (χ0n) is 12.8. The minimum atomic E-state index is 0.412. The van der Waals surface area contributed by atoms with Crippen molar-refractivity contribution in [3.8, 4) is 0 Å². The molecule has 0 atom stereocenters. The van der Waals surface area contributed by atoms with Crippen LogP contribution in [0.25, 0.3) is 0 Å². The van der Waals surface area contributed by atoms with Crippen LogP contribution >= 0.6 is 11.8 Å². The molecule has 110 valence electrons.